The third-order valence-corrected chi connectivity index (χ3v) is 5.91. The molecule has 2 amide bonds. The van der Waals surface area contributed by atoms with Gasteiger partial charge >= 0.3 is 0 Å². The number of carbonyl (C=O) groups is 2. The molecule has 8 heteroatoms. The van der Waals surface area contributed by atoms with Crippen molar-refractivity contribution >= 4 is 46.4 Å². The van der Waals surface area contributed by atoms with Gasteiger partial charge in [0.05, 0.1) is 29.4 Å². The maximum Gasteiger partial charge on any atom is 0.250 e. The smallest absolute Gasteiger partial charge is 0.250 e. The number of para-hydroxylation sites is 1. The Balaban J connectivity index is 1.74. The molecule has 0 unspecified atom stereocenters. The Labute approximate surface area is 172 Å². The van der Waals surface area contributed by atoms with E-state index in [4.69, 9.17) is 27.9 Å². The van der Waals surface area contributed by atoms with Crippen LogP contribution in [0.15, 0.2) is 36.4 Å². The summed E-state index contributed by atoms with van der Waals surface area (Å²) >= 11 is 12.3. The predicted octanol–water partition coefficient (Wildman–Crippen LogP) is 3.79. The van der Waals surface area contributed by atoms with Crippen LogP contribution in [0.25, 0.3) is 0 Å². The SMILES string of the molecule is COc1ccc(Cl)cc1NC(=O)[C@H]1C[C@@H](C)N[C@]12C(=O)Nc1c(Cl)cccc12. The number of rotatable bonds is 3. The fourth-order valence-corrected chi connectivity index (χ4v) is 4.58. The van der Waals surface area contributed by atoms with Gasteiger partial charge in [0.2, 0.25) is 11.8 Å². The summed E-state index contributed by atoms with van der Waals surface area (Å²) in [6.45, 7) is 1.95. The third kappa shape index (κ3) is 2.83. The summed E-state index contributed by atoms with van der Waals surface area (Å²) in [4.78, 5) is 26.3. The molecule has 0 radical (unpaired) electrons. The number of nitrogens with one attached hydrogen (secondary N) is 3. The number of fused-ring (bicyclic) bond motifs is 2. The van der Waals surface area contributed by atoms with Gasteiger partial charge in [0.1, 0.15) is 11.3 Å². The Morgan fingerprint density at radius 2 is 2.07 bits per heavy atom. The summed E-state index contributed by atoms with van der Waals surface area (Å²) < 4.78 is 5.31. The molecule has 2 aromatic carbocycles. The van der Waals surface area contributed by atoms with Crippen molar-refractivity contribution in [2.75, 3.05) is 17.7 Å². The van der Waals surface area contributed by atoms with Gasteiger partial charge in [-0.05, 0) is 37.6 Å². The molecule has 0 saturated carbocycles. The van der Waals surface area contributed by atoms with E-state index >= 15 is 0 Å². The first-order valence-corrected chi connectivity index (χ1v) is 9.65. The molecule has 0 bridgehead atoms. The zero-order valence-electron chi connectivity index (χ0n) is 15.3. The summed E-state index contributed by atoms with van der Waals surface area (Å²) in [5.74, 6) is -0.713. The van der Waals surface area contributed by atoms with Crippen molar-refractivity contribution in [2.24, 2.45) is 5.92 Å². The second kappa shape index (κ2) is 6.95. The molecular formula is C20H19Cl2N3O3. The topological polar surface area (TPSA) is 79.5 Å². The average Bonchev–Trinajstić information content (AvgIpc) is 3.15. The first-order chi connectivity index (χ1) is 13.4. The Kier molecular flexibility index (Phi) is 4.73. The van der Waals surface area contributed by atoms with Crippen LogP contribution in [0.3, 0.4) is 0 Å². The molecule has 146 valence electrons. The van der Waals surface area contributed by atoms with E-state index in [-0.39, 0.29) is 17.9 Å². The molecule has 1 fully saturated rings. The molecule has 2 aliphatic rings. The molecular weight excluding hydrogens is 401 g/mol. The maximum atomic E-state index is 13.3. The van der Waals surface area contributed by atoms with E-state index in [1.807, 2.05) is 13.0 Å². The van der Waals surface area contributed by atoms with Gasteiger partial charge in [-0.2, -0.15) is 0 Å². The van der Waals surface area contributed by atoms with Crippen molar-refractivity contribution in [3.63, 3.8) is 0 Å². The molecule has 2 aromatic rings. The van der Waals surface area contributed by atoms with Crippen LogP contribution < -0.4 is 20.7 Å². The normalized spacial score (nSPS) is 25.5. The quantitative estimate of drug-likeness (QED) is 0.706. The summed E-state index contributed by atoms with van der Waals surface area (Å²) in [5.41, 5.74) is 0.524. The molecule has 28 heavy (non-hydrogen) atoms. The van der Waals surface area contributed by atoms with E-state index in [0.717, 1.165) is 0 Å². The lowest BCUT2D eigenvalue weighted by Crippen LogP contribution is -2.52. The Hall–Kier alpha value is -2.28. The fraction of sp³-hybridized carbons (Fsp3) is 0.300. The molecule has 4 rings (SSSR count). The summed E-state index contributed by atoms with van der Waals surface area (Å²) in [6, 6.07) is 10.3. The second-order valence-electron chi connectivity index (χ2n) is 7.09. The summed E-state index contributed by atoms with van der Waals surface area (Å²) in [5, 5.41) is 9.97. The Morgan fingerprint density at radius 1 is 1.29 bits per heavy atom. The number of amides is 2. The van der Waals surface area contributed by atoms with Gasteiger partial charge in [0.25, 0.3) is 0 Å². The lowest BCUT2D eigenvalue weighted by molar-refractivity contribution is -0.130. The van der Waals surface area contributed by atoms with Crippen molar-refractivity contribution in [1.82, 2.24) is 5.32 Å². The number of anilines is 2. The highest BCUT2D eigenvalue weighted by atomic mass is 35.5. The largest absolute Gasteiger partial charge is 0.495 e. The van der Waals surface area contributed by atoms with Gasteiger partial charge in [-0.25, -0.2) is 0 Å². The number of hydrogen-bond acceptors (Lipinski definition) is 4. The van der Waals surface area contributed by atoms with Crippen LogP contribution in [0.1, 0.15) is 18.9 Å². The molecule has 2 heterocycles. The van der Waals surface area contributed by atoms with Crippen LogP contribution in [-0.2, 0) is 15.1 Å². The lowest BCUT2D eigenvalue weighted by Gasteiger charge is -2.29. The van der Waals surface area contributed by atoms with Crippen LogP contribution in [0.4, 0.5) is 11.4 Å². The van der Waals surface area contributed by atoms with Crippen molar-refractivity contribution in [1.29, 1.82) is 0 Å². The van der Waals surface area contributed by atoms with Crippen LogP contribution in [0.2, 0.25) is 10.0 Å². The molecule has 1 saturated heterocycles. The molecule has 0 aromatic heterocycles. The highest BCUT2D eigenvalue weighted by molar-refractivity contribution is 6.35. The van der Waals surface area contributed by atoms with Crippen LogP contribution in [-0.4, -0.2) is 25.0 Å². The lowest BCUT2D eigenvalue weighted by atomic mass is 9.79. The van der Waals surface area contributed by atoms with E-state index < -0.39 is 11.5 Å². The summed E-state index contributed by atoms with van der Waals surface area (Å²) in [7, 11) is 1.52. The van der Waals surface area contributed by atoms with Gasteiger partial charge in [-0.1, -0.05) is 35.3 Å². The van der Waals surface area contributed by atoms with Crippen molar-refractivity contribution in [3.8, 4) is 5.75 Å². The first-order valence-electron chi connectivity index (χ1n) is 8.89. The van der Waals surface area contributed by atoms with E-state index in [1.165, 1.54) is 7.11 Å². The minimum absolute atomic E-state index is 0.0345. The van der Waals surface area contributed by atoms with Crippen molar-refractivity contribution in [3.05, 3.63) is 52.0 Å². The van der Waals surface area contributed by atoms with Gasteiger partial charge < -0.3 is 15.4 Å². The predicted molar refractivity (Wildman–Crippen MR) is 109 cm³/mol. The minimum Gasteiger partial charge on any atom is -0.495 e. The van der Waals surface area contributed by atoms with Crippen LogP contribution in [0.5, 0.6) is 5.75 Å². The van der Waals surface area contributed by atoms with Gasteiger partial charge in [-0.15, -0.1) is 0 Å². The third-order valence-electron chi connectivity index (χ3n) is 5.36. The van der Waals surface area contributed by atoms with Crippen LogP contribution >= 0.6 is 23.2 Å². The van der Waals surface area contributed by atoms with E-state index in [2.05, 4.69) is 16.0 Å². The first kappa shape index (κ1) is 19.1. The van der Waals surface area contributed by atoms with Crippen molar-refractivity contribution < 1.29 is 14.3 Å². The zero-order valence-corrected chi connectivity index (χ0v) is 16.8. The standard InChI is InChI=1S/C20H19Cl2N3O3/c1-10-8-13(18(26)23-15-9-11(21)6-7-16(15)28-2)20(25-10)12-4-3-5-14(22)17(12)24-19(20)27/h3-7,9-10,13,25H,8H2,1-2H3,(H,23,26)(H,24,27)/t10-,13-,20+/m1/s1. The number of benzene rings is 2. The fourth-order valence-electron chi connectivity index (χ4n) is 4.18. The van der Waals surface area contributed by atoms with E-state index in [0.29, 0.717) is 39.2 Å². The minimum atomic E-state index is -1.17. The highest BCUT2D eigenvalue weighted by Crippen LogP contribution is 2.49. The molecule has 1 spiro atoms. The van der Waals surface area contributed by atoms with Crippen molar-refractivity contribution in [2.45, 2.75) is 24.9 Å². The van der Waals surface area contributed by atoms with Gasteiger partial charge in [-0.3, -0.25) is 14.9 Å². The number of halogens is 2. The average molecular weight is 420 g/mol. The molecule has 0 aliphatic carbocycles. The summed E-state index contributed by atoms with van der Waals surface area (Å²) in [6.07, 6.45) is 0.494. The molecule has 2 aliphatic heterocycles. The molecule has 3 atom stereocenters. The Morgan fingerprint density at radius 3 is 2.82 bits per heavy atom. The zero-order chi connectivity index (χ0) is 20.1. The van der Waals surface area contributed by atoms with E-state index in [9.17, 15) is 9.59 Å². The number of ether oxygens (including phenoxy) is 1. The molecule has 3 N–H and O–H groups in total. The maximum absolute atomic E-state index is 13.3. The molecule has 6 nitrogen and oxygen atoms in total. The number of methoxy groups -OCH3 is 1. The second-order valence-corrected chi connectivity index (χ2v) is 7.94. The van der Waals surface area contributed by atoms with Gasteiger partial charge in [0.15, 0.2) is 0 Å². The highest BCUT2D eigenvalue weighted by Gasteiger charge is 2.59. The van der Waals surface area contributed by atoms with Gasteiger partial charge in [0, 0.05) is 16.6 Å². The number of hydrogen-bond donors (Lipinski definition) is 3. The number of carbonyl (C=O) groups excluding carboxylic acids is 2. The monoisotopic (exact) mass is 419 g/mol. The Bertz CT molecular complexity index is 981. The van der Waals surface area contributed by atoms with Crippen LogP contribution in [0, 0.1) is 5.92 Å². The van der Waals surface area contributed by atoms with E-state index in [1.54, 1.807) is 30.3 Å².